The maximum absolute atomic E-state index is 13.4. The van der Waals surface area contributed by atoms with E-state index in [1.165, 1.54) is 11.3 Å². The zero-order chi connectivity index (χ0) is 19.6. The van der Waals surface area contributed by atoms with Crippen molar-refractivity contribution in [3.63, 3.8) is 0 Å². The Morgan fingerprint density at radius 3 is 2.54 bits per heavy atom. The van der Waals surface area contributed by atoms with Crippen molar-refractivity contribution in [1.29, 1.82) is 0 Å². The van der Waals surface area contributed by atoms with E-state index in [1.807, 2.05) is 64.3 Å². The van der Waals surface area contributed by atoms with Gasteiger partial charge in [-0.2, -0.15) is 0 Å². The third-order valence-corrected chi connectivity index (χ3v) is 5.51. The molecule has 150 valence electrons. The van der Waals surface area contributed by atoms with Gasteiger partial charge in [-0.05, 0) is 51.7 Å². The zero-order valence-corrected chi connectivity index (χ0v) is 18.5. The monoisotopic (exact) mass is 419 g/mol. The predicted molar refractivity (Wildman–Crippen MR) is 120 cm³/mol. The highest BCUT2D eigenvalue weighted by molar-refractivity contribution is 7.22. The van der Waals surface area contributed by atoms with Gasteiger partial charge >= 0.3 is 0 Å². The number of likely N-dealkylation sites (N-methyl/N-ethyl adjacent to an activating group) is 1. The number of methoxy groups -OCH3 is 1. The number of thiazole rings is 1. The molecule has 0 fully saturated rings. The third-order valence-electron chi connectivity index (χ3n) is 4.45. The van der Waals surface area contributed by atoms with E-state index in [1.54, 1.807) is 12.0 Å². The van der Waals surface area contributed by atoms with Gasteiger partial charge in [-0.15, -0.1) is 12.4 Å². The molecular formula is C21H26ClN3O2S. The van der Waals surface area contributed by atoms with Crippen molar-refractivity contribution in [1.82, 2.24) is 9.88 Å². The van der Waals surface area contributed by atoms with Crippen molar-refractivity contribution in [2.45, 2.75) is 13.8 Å². The van der Waals surface area contributed by atoms with Crippen LogP contribution in [-0.4, -0.2) is 50.1 Å². The Kier molecular flexibility index (Phi) is 7.41. The van der Waals surface area contributed by atoms with Gasteiger partial charge in [-0.3, -0.25) is 9.69 Å². The fraction of sp³-hybridized carbons (Fsp3) is 0.333. The van der Waals surface area contributed by atoms with Gasteiger partial charge in [0.05, 0.1) is 17.3 Å². The summed E-state index contributed by atoms with van der Waals surface area (Å²) in [7, 11) is 5.65. The number of fused-ring (bicyclic) bond motifs is 1. The van der Waals surface area contributed by atoms with E-state index in [9.17, 15) is 4.79 Å². The van der Waals surface area contributed by atoms with E-state index in [-0.39, 0.29) is 18.3 Å². The Balaban J connectivity index is 0.00000280. The summed E-state index contributed by atoms with van der Waals surface area (Å²) in [6.45, 7) is 5.32. The molecular weight excluding hydrogens is 394 g/mol. The minimum Gasteiger partial charge on any atom is -0.497 e. The van der Waals surface area contributed by atoms with Crippen LogP contribution in [-0.2, 0) is 0 Å². The number of carbonyl (C=O) groups is 1. The van der Waals surface area contributed by atoms with Gasteiger partial charge < -0.3 is 9.64 Å². The number of hydrogen-bond donors (Lipinski definition) is 0. The maximum Gasteiger partial charge on any atom is 0.260 e. The van der Waals surface area contributed by atoms with Gasteiger partial charge in [-0.25, -0.2) is 4.98 Å². The topological polar surface area (TPSA) is 45.7 Å². The molecule has 3 aromatic rings. The van der Waals surface area contributed by atoms with E-state index in [4.69, 9.17) is 9.72 Å². The van der Waals surface area contributed by atoms with Crippen molar-refractivity contribution in [3.8, 4) is 5.75 Å². The Morgan fingerprint density at radius 1 is 1.11 bits per heavy atom. The van der Waals surface area contributed by atoms with Crippen molar-refractivity contribution >= 4 is 45.0 Å². The molecule has 0 spiro atoms. The molecule has 0 bridgehead atoms. The number of ether oxygens (including phenoxy) is 1. The molecule has 0 aliphatic heterocycles. The number of benzene rings is 2. The summed E-state index contributed by atoms with van der Waals surface area (Å²) in [5.74, 6) is 0.754. The molecule has 1 aromatic heterocycles. The summed E-state index contributed by atoms with van der Waals surface area (Å²) in [6, 6.07) is 11.8. The summed E-state index contributed by atoms with van der Waals surface area (Å²) in [5.41, 5.74) is 3.62. The van der Waals surface area contributed by atoms with Crippen LogP contribution in [0, 0.1) is 13.8 Å². The molecule has 0 N–H and O–H groups in total. The van der Waals surface area contributed by atoms with Crippen LogP contribution in [0.4, 0.5) is 5.13 Å². The number of aryl methyl sites for hydroxylation is 2. The molecule has 3 rings (SSSR count). The van der Waals surface area contributed by atoms with E-state index in [0.717, 1.165) is 39.2 Å². The molecule has 5 nitrogen and oxygen atoms in total. The van der Waals surface area contributed by atoms with Crippen LogP contribution in [0.25, 0.3) is 10.2 Å². The number of amides is 1. The lowest BCUT2D eigenvalue weighted by atomic mass is 10.0. The van der Waals surface area contributed by atoms with E-state index in [0.29, 0.717) is 11.7 Å². The standard InChI is InChI=1S/C21H25N3O2S.ClH/c1-14-6-7-15(2)17(12-14)20(25)24(11-10-23(3)4)21-22-18-13-16(26-5)8-9-19(18)27-21;/h6-9,12-13H,10-11H2,1-5H3;1H. The Bertz CT molecular complexity index is 971. The summed E-state index contributed by atoms with van der Waals surface area (Å²) < 4.78 is 6.33. The number of nitrogens with zero attached hydrogens (tertiary/aromatic N) is 3. The predicted octanol–water partition coefficient (Wildman–Crippen LogP) is 4.55. The van der Waals surface area contributed by atoms with Crippen molar-refractivity contribution < 1.29 is 9.53 Å². The number of halogens is 1. The highest BCUT2D eigenvalue weighted by Gasteiger charge is 2.23. The SMILES string of the molecule is COc1ccc2sc(N(CCN(C)C)C(=O)c3cc(C)ccc3C)nc2c1.Cl. The van der Waals surface area contributed by atoms with Gasteiger partial charge in [0, 0.05) is 24.7 Å². The number of carbonyl (C=O) groups excluding carboxylic acids is 1. The Hall–Kier alpha value is -2.15. The second-order valence-electron chi connectivity index (χ2n) is 6.91. The van der Waals surface area contributed by atoms with Crippen LogP contribution in [0.15, 0.2) is 36.4 Å². The maximum atomic E-state index is 13.4. The van der Waals surface area contributed by atoms with Gasteiger partial charge in [0.25, 0.3) is 5.91 Å². The van der Waals surface area contributed by atoms with Gasteiger partial charge in [0.2, 0.25) is 0 Å². The molecule has 28 heavy (non-hydrogen) atoms. The number of anilines is 1. The summed E-state index contributed by atoms with van der Waals surface area (Å²) in [6.07, 6.45) is 0. The normalized spacial score (nSPS) is 10.8. The Morgan fingerprint density at radius 2 is 1.86 bits per heavy atom. The van der Waals surface area contributed by atoms with Crippen molar-refractivity contribution in [3.05, 3.63) is 53.1 Å². The molecule has 0 unspecified atom stereocenters. The molecule has 7 heteroatoms. The molecule has 2 aromatic carbocycles. The lowest BCUT2D eigenvalue weighted by Gasteiger charge is -2.23. The van der Waals surface area contributed by atoms with Gasteiger partial charge in [-0.1, -0.05) is 29.0 Å². The van der Waals surface area contributed by atoms with Crippen LogP contribution in [0.3, 0.4) is 0 Å². The average molecular weight is 420 g/mol. The molecule has 1 heterocycles. The molecule has 0 atom stereocenters. The van der Waals surface area contributed by atoms with Gasteiger partial charge in [0.1, 0.15) is 5.75 Å². The third kappa shape index (κ3) is 4.82. The molecule has 0 aliphatic rings. The first-order chi connectivity index (χ1) is 12.9. The number of rotatable bonds is 6. The largest absolute Gasteiger partial charge is 0.497 e. The van der Waals surface area contributed by atoms with Crippen LogP contribution >= 0.6 is 23.7 Å². The van der Waals surface area contributed by atoms with Crippen molar-refractivity contribution in [2.24, 2.45) is 0 Å². The molecule has 0 aliphatic carbocycles. The summed E-state index contributed by atoms with van der Waals surface area (Å²) >= 11 is 1.53. The molecule has 0 saturated carbocycles. The fourth-order valence-electron chi connectivity index (χ4n) is 2.83. The number of hydrogen-bond acceptors (Lipinski definition) is 5. The highest BCUT2D eigenvalue weighted by atomic mass is 35.5. The molecule has 1 amide bonds. The first-order valence-electron chi connectivity index (χ1n) is 8.87. The lowest BCUT2D eigenvalue weighted by Crippen LogP contribution is -2.37. The lowest BCUT2D eigenvalue weighted by molar-refractivity contribution is 0.0984. The summed E-state index contributed by atoms with van der Waals surface area (Å²) in [4.78, 5) is 22.0. The minimum atomic E-state index is -0.0101. The first-order valence-corrected chi connectivity index (χ1v) is 9.69. The zero-order valence-electron chi connectivity index (χ0n) is 16.9. The van der Waals surface area contributed by atoms with Crippen LogP contribution < -0.4 is 9.64 Å². The molecule has 0 radical (unpaired) electrons. The molecule has 0 saturated heterocycles. The summed E-state index contributed by atoms with van der Waals surface area (Å²) in [5, 5.41) is 0.714. The second kappa shape index (κ2) is 9.37. The fourth-order valence-corrected chi connectivity index (χ4v) is 3.80. The highest BCUT2D eigenvalue weighted by Crippen LogP contribution is 2.32. The van der Waals surface area contributed by atoms with E-state index in [2.05, 4.69) is 4.90 Å². The average Bonchev–Trinajstić information content (AvgIpc) is 3.06. The van der Waals surface area contributed by atoms with Gasteiger partial charge in [0.15, 0.2) is 5.13 Å². The van der Waals surface area contributed by atoms with Crippen LogP contribution in [0.1, 0.15) is 21.5 Å². The number of aromatic nitrogens is 1. The van der Waals surface area contributed by atoms with E-state index >= 15 is 0 Å². The smallest absolute Gasteiger partial charge is 0.260 e. The second-order valence-corrected chi connectivity index (χ2v) is 7.92. The quantitative estimate of drug-likeness (QED) is 0.587. The minimum absolute atomic E-state index is 0. The first kappa shape index (κ1) is 22.1. The van der Waals surface area contributed by atoms with Crippen molar-refractivity contribution in [2.75, 3.05) is 39.2 Å². The van der Waals surface area contributed by atoms with E-state index < -0.39 is 0 Å². The Labute approximate surface area is 176 Å². The van der Waals surface area contributed by atoms with Crippen LogP contribution in [0.2, 0.25) is 0 Å². The van der Waals surface area contributed by atoms with Crippen LogP contribution in [0.5, 0.6) is 5.75 Å².